The normalized spacial score (nSPS) is 15.1. The predicted molar refractivity (Wildman–Crippen MR) is 86.7 cm³/mol. The number of amides is 2. The van der Waals surface area contributed by atoms with Gasteiger partial charge in [0.1, 0.15) is 5.01 Å². The predicted octanol–water partition coefficient (Wildman–Crippen LogP) is 2.47. The number of nitriles is 1. The molecule has 6 nitrogen and oxygen atoms in total. The summed E-state index contributed by atoms with van der Waals surface area (Å²) < 4.78 is 0. The highest BCUT2D eigenvalue weighted by atomic mass is 32.1. The summed E-state index contributed by atoms with van der Waals surface area (Å²) in [6.07, 6.45) is 0. The van der Waals surface area contributed by atoms with Crippen molar-refractivity contribution in [1.82, 2.24) is 10.3 Å². The molecular weight excluding hydrogens is 312 g/mol. The van der Waals surface area contributed by atoms with Gasteiger partial charge >= 0.3 is 6.03 Å². The van der Waals surface area contributed by atoms with E-state index >= 15 is 0 Å². The second-order valence-electron chi connectivity index (χ2n) is 5.18. The number of carbonyl (C=O) groups is 2. The number of aryl methyl sites for hydroxylation is 1. The number of thiazole rings is 1. The Morgan fingerprint density at radius 1 is 1.43 bits per heavy atom. The molecule has 0 spiro atoms. The number of Topliss-reactive ketones (excluding diaryl/α,β-unsaturated/α-hetero) is 1. The van der Waals surface area contributed by atoms with Crippen LogP contribution in [0, 0.1) is 18.3 Å². The molecule has 1 N–H and O–H groups in total. The summed E-state index contributed by atoms with van der Waals surface area (Å²) in [6, 6.07) is 8.63. The molecule has 1 saturated heterocycles. The number of aromatic nitrogens is 1. The number of carbonyl (C=O) groups excluding carboxylic acids is 2. The summed E-state index contributed by atoms with van der Waals surface area (Å²) in [5.41, 5.74) is 1.97. The molecule has 7 heteroatoms. The number of urea groups is 1. The number of nitrogens with one attached hydrogen (secondary N) is 1. The summed E-state index contributed by atoms with van der Waals surface area (Å²) in [7, 11) is 0. The Hall–Kier alpha value is -2.72. The van der Waals surface area contributed by atoms with Crippen LogP contribution in [0.5, 0.6) is 0 Å². The van der Waals surface area contributed by atoms with Gasteiger partial charge in [-0.25, -0.2) is 9.78 Å². The van der Waals surface area contributed by atoms with Gasteiger partial charge in [-0.2, -0.15) is 5.26 Å². The average Bonchev–Trinajstić information content (AvgIpc) is 3.17. The molecule has 2 amide bonds. The Morgan fingerprint density at radius 2 is 2.17 bits per heavy atom. The minimum absolute atomic E-state index is 0.141. The highest BCUT2D eigenvalue weighted by Crippen LogP contribution is 2.25. The van der Waals surface area contributed by atoms with Crippen LogP contribution in [0.2, 0.25) is 0 Å². The number of ketones is 1. The zero-order valence-electron chi connectivity index (χ0n) is 12.4. The molecule has 0 bridgehead atoms. The van der Waals surface area contributed by atoms with Crippen LogP contribution >= 0.6 is 11.3 Å². The molecule has 1 fully saturated rings. The van der Waals surface area contributed by atoms with E-state index in [1.807, 2.05) is 18.4 Å². The van der Waals surface area contributed by atoms with Crippen LogP contribution in [0.15, 0.2) is 29.6 Å². The van der Waals surface area contributed by atoms with E-state index in [0.29, 0.717) is 23.7 Å². The second-order valence-corrected chi connectivity index (χ2v) is 6.07. The first kappa shape index (κ1) is 15.2. The lowest BCUT2D eigenvalue weighted by molar-refractivity contribution is 0.0979. The monoisotopic (exact) mass is 326 g/mol. The topological polar surface area (TPSA) is 86.1 Å². The second kappa shape index (κ2) is 6.18. The van der Waals surface area contributed by atoms with E-state index in [1.165, 1.54) is 11.3 Å². The van der Waals surface area contributed by atoms with Gasteiger partial charge in [0, 0.05) is 35.4 Å². The molecule has 0 aliphatic carbocycles. The average molecular weight is 326 g/mol. The van der Waals surface area contributed by atoms with E-state index in [9.17, 15) is 14.9 Å². The van der Waals surface area contributed by atoms with Gasteiger partial charge in [0.25, 0.3) is 0 Å². The van der Waals surface area contributed by atoms with E-state index in [4.69, 9.17) is 0 Å². The van der Waals surface area contributed by atoms with Crippen LogP contribution in [0.25, 0.3) is 0 Å². The molecule has 1 aliphatic rings. The molecular formula is C16H14N4O2S. The van der Waals surface area contributed by atoms with Crippen molar-refractivity contribution in [3.63, 3.8) is 0 Å². The fourth-order valence-corrected chi connectivity index (χ4v) is 3.26. The molecule has 2 aromatic rings. The molecule has 1 aromatic carbocycles. The van der Waals surface area contributed by atoms with Crippen molar-refractivity contribution in [3.05, 3.63) is 45.9 Å². The molecule has 116 valence electrons. The summed E-state index contributed by atoms with van der Waals surface area (Å²) in [6.45, 7) is 3.04. The van der Waals surface area contributed by atoms with Gasteiger partial charge in [-0.05, 0) is 31.2 Å². The lowest BCUT2D eigenvalue weighted by Crippen LogP contribution is -2.27. The quantitative estimate of drug-likeness (QED) is 0.875. The molecule has 23 heavy (non-hydrogen) atoms. The third-order valence-corrected chi connectivity index (χ3v) is 4.62. The van der Waals surface area contributed by atoms with Crippen LogP contribution in [-0.4, -0.2) is 29.9 Å². The van der Waals surface area contributed by atoms with Crippen molar-refractivity contribution in [2.75, 3.05) is 18.0 Å². The molecule has 3 rings (SSSR count). The fourth-order valence-electron chi connectivity index (χ4n) is 2.42. The van der Waals surface area contributed by atoms with Gasteiger partial charge in [0.2, 0.25) is 0 Å². The maximum absolute atomic E-state index is 12.5. The lowest BCUT2D eigenvalue weighted by atomic mass is 9.99. The fraction of sp³-hybridized carbons (Fsp3) is 0.250. The van der Waals surface area contributed by atoms with Crippen LogP contribution in [0.4, 0.5) is 10.5 Å². The Bertz CT molecular complexity index is 791. The molecule has 0 radical (unpaired) electrons. The van der Waals surface area contributed by atoms with Gasteiger partial charge in [-0.3, -0.25) is 9.69 Å². The largest absolute Gasteiger partial charge is 0.336 e. The van der Waals surface area contributed by atoms with Crippen LogP contribution in [0.1, 0.15) is 27.0 Å². The molecule has 2 heterocycles. The number of anilines is 1. The molecule has 0 unspecified atom stereocenters. The van der Waals surface area contributed by atoms with Crippen molar-refractivity contribution in [2.45, 2.75) is 12.8 Å². The molecule has 1 aromatic heterocycles. The van der Waals surface area contributed by atoms with Crippen molar-refractivity contribution >= 4 is 28.8 Å². The summed E-state index contributed by atoms with van der Waals surface area (Å²) >= 11 is 1.31. The Labute approximate surface area is 137 Å². The van der Waals surface area contributed by atoms with E-state index < -0.39 is 5.92 Å². The standard InChI is InChI=1S/C16H14N4O2S/c1-10-9-23-15(19-10)13(8-17)14(21)11-2-4-12(5-3-11)20-7-6-18-16(20)22/h2-5,9,13H,6-7H2,1H3,(H,18,22)/t13-/m1/s1. The van der Waals surface area contributed by atoms with Crippen molar-refractivity contribution in [1.29, 1.82) is 5.26 Å². The zero-order chi connectivity index (χ0) is 16.4. The minimum Gasteiger partial charge on any atom is -0.336 e. The summed E-state index contributed by atoms with van der Waals surface area (Å²) in [5.74, 6) is -1.17. The van der Waals surface area contributed by atoms with Crippen LogP contribution < -0.4 is 10.2 Å². The molecule has 1 aliphatic heterocycles. The van der Waals surface area contributed by atoms with Gasteiger partial charge in [-0.1, -0.05) is 0 Å². The number of hydrogen-bond acceptors (Lipinski definition) is 5. The first-order chi connectivity index (χ1) is 11.1. The zero-order valence-corrected chi connectivity index (χ0v) is 13.3. The van der Waals surface area contributed by atoms with E-state index in [1.54, 1.807) is 29.2 Å². The third-order valence-electron chi connectivity index (χ3n) is 3.60. The first-order valence-electron chi connectivity index (χ1n) is 7.11. The van der Waals surface area contributed by atoms with Gasteiger partial charge in [0.15, 0.2) is 11.7 Å². The number of hydrogen-bond donors (Lipinski definition) is 1. The maximum atomic E-state index is 12.5. The molecule has 0 saturated carbocycles. The van der Waals surface area contributed by atoms with Crippen molar-refractivity contribution in [2.24, 2.45) is 0 Å². The van der Waals surface area contributed by atoms with Gasteiger partial charge in [-0.15, -0.1) is 11.3 Å². The Morgan fingerprint density at radius 3 is 2.70 bits per heavy atom. The lowest BCUT2D eigenvalue weighted by Gasteiger charge is -2.14. The third kappa shape index (κ3) is 2.94. The van der Waals surface area contributed by atoms with Crippen LogP contribution in [0.3, 0.4) is 0 Å². The van der Waals surface area contributed by atoms with Gasteiger partial charge in [0.05, 0.1) is 6.07 Å². The smallest absolute Gasteiger partial charge is 0.321 e. The van der Waals surface area contributed by atoms with E-state index in [0.717, 1.165) is 11.4 Å². The van der Waals surface area contributed by atoms with Crippen LogP contribution in [-0.2, 0) is 0 Å². The highest BCUT2D eigenvalue weighted by Gasteiger charge is 2.25. The Balaban J connectivity index is 1.82. The SMILES string of the molecule is Cc1csc([C@H](C#N)C(=O)c2ccc(N3CCNC3=O)cc2)n1. The van der Waals surface area contributed by atoms with E-state index in [2.05, 4.69) is 10.3 Å². The summed E-state index contributed by atoms with van der Waals surface area (Å²) in [4.78, 5) is 30.0. The number of benzene rings is 1. The number of nitrogens with zero attached hydrogens (tertiary/aromatic N) is 3. The minimum atomic E-state index is -0.894. The maximum Gasteiger partial charge on any atom is 0.321 e. The highest BCUT2D eigenvalue weighted by molar-refractivity contribution is 7.10. The summed E-state index contributed by atoms with van der Waals surface area (Å²) in [5, 5.41) is 14.4. The Kier molecular flexibility index (Phi) is 4.08. The van der Waals surface area contributed by atoms with Crippen molar-refractivity contribution in [3.8, 4) is 6.07 Å². The van der Waals surface area contributed by atoms with Crippen molar-refractivity contribution < 1.29 is 9.59 Å². The number of rotatable bonds is 4. The molecule has 1 atom stereocenters. The van der Waals surface area contributed by atoms with Gasteiger partial charge < -0.3 is 5.32 Å². The van der Waals surface area contributed by atoms with E-state index in [-0.39, 0.29) is 11.8 Å². The first-order valence-corrected chi connectivity index (χ1v) is 7.99.